The third kappa shape index (κ3) is 3.56. The minimum Gasteiger partial charge on any atom is -0.492 e. The second kappa shape index (κ2) is 6.71. The van der Waals surface area contributed by atoms with Crippen LogP contribution in [0.5, 0.6) is 5.75 Å². The maximum atomic E-state index is 13.9. The first-order valence-corrected chi connectivity index (χ1v) is 9.73. The highest BCUT2D eigenvalue weighted by Crippen LogP contribution is 2.49. The van der Waals surface area contributed by atoms with Gasteiger partial charge in [0.05, 0.1) is 6.61 Å². The second-order valence-corrected chi connectivity index (χ2v) is 7.94. The lowest BCUT2D eigenvalue weighted by atomic mass is 10.1. The molecule has 0 radical (unpaired) electrons. The summed E-state index contributed by atoms with van der Waals surface area (Å²) in [6.45, 7) is 0.0985. The van der Waals surface area contributed by atoms with Crippen molar-refractivity contribution in [3.8, 4) is 5.75 Å². The number of fused-ring (bicyclic) bond motifs is 1. The fourth-order valence-electron chi connectivity index (χ4n) is 3.88. The summed E-state index contributed by atoms with van der Waals surface area (Å²) < 4.78 is 62.2. The summed E-state index contributed by atoms with van der Waals surface area (Å²) in [6, 6.07) is 7.81. The molecule has 2 fully saturated rings. The van der Waals surface area contributed by atoms with Crippen LogP contribution in [-0.2, 0) is 12.6 Å². The summed E-state index contributed by atoms with van der Waals surface area (Å²) >= 11 is 0. The Bertz CT molecular complexity index is 1060. The average Bonchev–Trinajstić information content (AvgIpc) is 3.58. The summed E-state index contributed by atoms with van der Waals surface area (Å²) in [7, 11) is 0. The fraction of sp³-hybridized carbons (Fsp3) is 0.429. The van der Waals surface area contributed by atoms with E-state index in [0.29, 0.717) is 30.1 Å². The standard InChI is InChI=1S/C21H19F4N3O/c22-16-4-2-1-3-14(16)15-10-13(15)11-29-17-7-8-28-18(9-12-5-6-12)26-27-20(28)19(17)21(23,24)25/h1-4,7-8,12-13,15H,5-6,9-11H2/t13-,15+/m1/s1. The van der Waals surface area contributed by atoms with Crippen molar-refractivity contribution in [2.45, 2.75) is 37.8 Å². The molecule has 2 aliphatic carbocycles. The van der Waals surface area contributed by atoms with E-state index in [1.54, 1.807) is 24.4 Å². The monoisotopic (exact) mass is 405 g/mol. The second-order valence-electron chi connectivity index (χ2n) is 7.94. The number of pyridine rings is 1. The van der Waals surface area contributed by atoms with E-state index in [-0.39, 0.29) is 35.7 Å². The summed E-state index contributed by atoms with van der Waals surface area (Å²) in [5.74, 6) is 0.456. The average molecular weight is 405 g/mol. The molecule has 4 nitrogen and oxygen atoms in total. The molecule has 0 unspecified atom stereocenters. The summed E-state index contributed by atoms with van der Waals surface area (Å²) in [4.78, 5) is 0. The molecule has 2 aromatic heterocycles. The molecule has 0 saturated heterocycles. The van der Waals surface area contributed by atoms with Crippen LogP contribution in [0.2, 0.25) is 0 Å². The fourth-order valence-corrected chi connectivity index (χ4v) is 3.88. The molecule has 0 spiro atoms. The Kier molecular flexibility index (Phi) is 4.26. The van der Waals surface area contributed by atoms with Gasteiger partial charge in [0.15, 0.2) is 5.65 Å². The van der Waals surface area contributed by atoms with Crippen LogP contribution < -0.4 is 4.74 Å². The van der Waals surface area contributed by atoms with Gasteiger partial charge in [-0.2, -0.15) is 13.2 Å². The summed E-state index contributed by atoms with van der Waals surface area (Å²) in [6.07, 6.45) is 0.404. The third-order valence-electron chi connectivity index (χ3n) is 5.74. The van der Waals surface area contributed by atoms with E-state index in [0.717, 1.165) is 12.8 Å². The summed E-state index contributed by atoms with van der Waals surface area (Å²) in [5.41, 5.74) is -0.542. The van der Waals surface area contributed by atoms with Gasteiger partial charge in [-0.05, 0) is 48.8 Å². The predicted octanol–water partition coefficient (Wildman–Crippen LogP) is 5.02. The van der Waals surface area contributed by atoms with Crippen molar-refractivity contribution in [1.29, 1.82) is 0 Å². The van der Waals surface area contributed by atoms with Crippen molar-refractivity contribution in [2.75, 3.05) is 6.61 Å². The van der Waals surface area contributed by atoms with E-state index in [1.807, 2.05) is 0 Å². The maximum Gasteiger partial charge on any atom is 0.423 e. The Morgan fingerprint density at radius 1 is 1.10 bits per heavy atom. The molecular weight excluding hydrogens is 386 g/mol. The zero-order valence-electron chi connectivity index (χ0n) is 15.5. The molecule has 3 aromatic rings. The van der Waals surface area contributed by atoms with Gasteiger partial charge in [0.25, 0.3) is 0 Å². The van der Waals surface area contributed by atoms with Gasteiger partial charge in [-0.25, -0.2) is 4.39 Å². The normalized spacial score (nSPS) is 21.5. The smallest absolute Gasteiger partial charge is 0.423 e. The highest BCUT2D eigenvalue weighted by molar-refractivity contribution is 5.56. The van der Waals surface area contributed by atoms with Crippen LogP contribution >= 0.6 is 0 Å². The lowest BCUT2D eigenvalue weighted by Gasteiger charge is -2.15. The van der Waals surface area contributed by atoms with E-state index >= 15 is 0 Å². The highest BCUT2D eigenvalue weighted by atomic mass is 19.4. The number of rotatable bonds is 6. The molecule has 0 amide bonds. The van der Waals surface area contributed by atoms with Crippen molar-refractivity contribution in [3.05, 3.63) is 59.3 Å². The molecule has 1 aromatic carbocycles. The quantitative estimate of drug-likeness (QED) is 0.541. The van der Waals surface area contributed by atoms with E-state index in [4.69, 9.17) is 4.74 Å². The van der Waals surface area contributed by atoms with Crippen LogP contribution in [0.15, 0.2) is 36.5 Å². The van der Waals surface area contributed by atoms with Crippen LogP contribution in [0.25, 0.3) is 5.65 Å². The van der Waals surface area contributed by atoms with Gasteiger partial charge in [-0.1, -0.05) is 18.2 Å². The number of aromatic nitrogens is 3. The van der Waals surface area contributed by atoms with Crippen LogP contribution in [0, 0.1) is 17.7 Å². The van der Waals surface area contributed by atoms with E-state index in [9.17, 15) is 17.6 Å². The van der Waals surface area contributed by atoms with Crippen molar-refractivity contribution in [2.24, 2.45) is 11.8 Å². The van der Waals surface area contributed by atoms with E-state index < -0.39 is 11.7 Å². The van der Waals surface area contributed by atoms with Gasteiger partial charge in [0.1, 0.15) is 23.0 Å². The molecule has 5 rings (SSSR count). The Morgan fingerprint density at radius 2 is 1.90 bits per heavy atom. The molecule has 2 aliphatic rings. The first-order valence-electron chi connectivity index (χ1n) is 9.73. The molecular formula is C21H19F4N3O. The SMILES string of the molecule is Fc1ccccc1[C@H]1C[C@@H]1COc1ccn2c(CC3CC3)nnc2c1C(F)(F)F. The van der Waals surface area contributed by atoms with Gasteiger partial charge in [-0.15, -0.1) is 10.2 Å². The minimum atomic E-state index is -4.61. The summed E-state index contributed by atoms with van der Waals surface area (Å²) in [5, 5.41) is 7.78. The number of nitrogens with zero attached hydrogens (tertiary/aromatic N) is 3. The van der Waals surface area contributed by atoms with Gasteiger partial charge in [-0.3, -0.25) is 4.40 Å². The predicted molar refractivity (Wildman–Crippen MR) is 97.2 cm³/mol. The molecule has 152 valence electrons. The molecule has 2 heterocycles. The van der Waals surface area contributed by atoms with E-state index in [2.05, 4.69) is 10.2 Å². The Labute approximate surface area is 164 Å². The van der Waals surface area contributed by atoms with Crippen molar-refractivity contribution in [1.82, 2.24) is 14.6 Å². The molecule has 2 saturated carbocycles. The van der Waals surface area contributed by atoms with Gasteiger partial charge in [0.2, 0.25) is 0 Å². The first kappa shape index (κ1) is 18.4. The zero-order chi connectivity index (χ0) is 20.2. The number of alkyl halides is 3. The third-order valence-corrected chi connectivity index (χ3v) is 5.74. The van der Waals surface area contributed by atoms with Crippen LogP contribution in [-0.4, -0.2) is 21.2 Å². The number of hydrogen-bond donors (Lipinski definition) is 0. The minimum absolute atomic E-state index is 0.00694. The van der Waals surface area contributed by atoms with Crippen molar-refractivity contribution >= 4 is 5.65 Å². The van der Waals surface area contributed by atoms with Crippen LogP contribution in [0.4, 0.5) is 17.6 Å². The molecule has 0 bridgehead atoms. The Hall–Kier alpha value is -2.64. The maximum absolute atomic E-state index is 13.9. The lowest BCUT2D eigenvalue weighted by molar-refractivity contribution is -0.138. The number of benzene rings is 1. The van der Waals surface area contributed by atoms with Crippen LogP contribution in [0.3, 0.4) is 0 Å². The lowest BCUT2D eigenvalue weighted by Crippen LogP contribution is -2.13. The number of halogens is 4. The Balaban J connectivity index is 1.38. The largest absolute Gasteiger partial charge is 0.492 e. The molecule has 8 heteroatoms. The van der Waals surface area contributed by atoms with Gasteiger partial charge >= 0.3 is 6.18 Å². The molecule has 29 heavy (non-hydrogen) atoms. The van der Waals surface area contributed by atoms with Gasteiger partial charge < -0.3 is 4.74 Å². The first-order chi connectivity index (χ1) is 13.9. The van der Waals surface area contributed by atoms with Crippen molar-refractivity contribution in [3.63, 3.8) is 0 Å². The van der Waals surface area contributed by atoms with Gasteiger partial charge in [0, 0.05) is 18.5 Å². The Morgan fingerprint density at radius 3 is 2.62 bits per heavy atom. The van der Waals surface area contributed by atoms with Crippen molar-refractivity contribution < 1.29 is 22.3 Å². The van der Waals surface area contributed by atoms with Crippen LogP contribution in [0.1, 0.15) is 42.1 Å². The highest BCUT2D eigenvalue weighted by Gasteiger charge is 2.42. The molecule has 2 atom stereocenters. The zero-order valence-corrected chi connectivity index (χ0v) is 15.5. The molecule has 0 N–H and O–H groups in total. The number of ether oxygens (including phenoxy) is 1. The van der Waals surface area contributed by atoms with E-state index in [1.165, 1.54) is 16.5 Å². The number of hydrogen-bond acceptors (Lipinski definition) is 3. The topological polar surface area (TPSA) is 39.4 Å². The molecule has 0 aliphatic heterocycles.